The number of hydrogen-bond donors (Lipinski definition) is 2. The van der Waals surface area contributed by atoms with E-state index >= 15 is 0 Å². The van der Waals surface area contributed by atoms with E-state index in [0.29, 0.717) is 13.1 Å². The first kappa shape index (κ1) is 17.1. The van der Waals surface area contributed by atoms with Crippen LogP contribution < -0.4 is 5.32 Å². The number of anilines is 1. The maximum absolute atomic E-state index is 13.6. The summed E-state index contributed by atoms with van der Waals surface area (Å²) >= 11 is 0. The number of phenols is 1. The lowest BCUT2D eigenvalue weighted by Crippen LogP contribution is -2.36. The molecule has 0 atom stereocenters. The number of nitrogens with one attached hydrogen (secondary N) is 1. The van der Waals surface area contributed by atoms with Crippen LogP contribution in [-0.4, -0.2) is 35.5 Å². The van der Waals surface area contributed by atoms with Crippen molar-refractivity contribution >= 4 is 17.2 Å². The Hall–Kier alpha value is -2.73. The summed E-state index contributed by atoms with van der Waals surface area (Å²) < 4.78 is 26.4. The molecule has 0 unspecified atom stereocenters. The highest BCUT2D eigenvalue weighted by atomic mass is 19.1. The molecule has 2 aromatic rings. The van der Waals surface area contributed by atoms with Gasteiger partial charge in [-0.2, -0.15) is 0 Å². The Bertz CT molecular complexity index is 804. The van der Waals surface area contributed by atoms with Gasteiger partial charge in [0.05, 0.1) is 12.2 Å². The maximum atomic E-state index is 13.6. The zero-order valence-electron chi connectivity index (χ0n) is 13.5. The van der Waals surface area contributed by atoms with Gasteiger partial charge in [0.25, 0.3) is 0 Å². The average Bonchev–Trinajstić information content (AvgIpc) is 2.59. The van der Waals surface area contributed by atoms with Gasteiger partial charge in [0.1, 0.15) is 17.4 Å². The molecule has 1 heterocycles. The zero-order chi connectivity index (χ0) is 17.8. The fourth-order valence-corrected chi connectivity index (χ4v) is 2.78. The van der Waals surface area contributed by atoms with Crippen molar-refractivity contribution in [3.05, 3.63) is 65.7 Å². The van der Waals surface area contributed by atoms with Crippen LogP contribution in [0.15, 0.2) is 48.5 Å². The predicted molar refractivity (Wildman–Crippen MR) is 92.1 cm³/mol. The highest BCUT2D eigenvalue weighted by Crippen LogP contribution is 2.24. The third-order valence-corrected chi connectivity index (χ3v) is 4.10. The van der Waals surface area contributed by atoms with Crippen molar-refractivity contribution in [2.75, 3.05) is 25.0 Å². The second-order valence-electron chi connectivity index (χ2n) is 5.93. The molecule has 0 saturated heterocycles. The van der Waals surface area contributed by atoms with E-state index in [1.807, 2.05) is 23.1 Å². The van der Waals surface area contributed by atoms with E-state index in [4.69, 9.17) is 0 Å². The van der Waals surface area contributed by atoms with Crippen LogP contribution in [0, 0.1) is 11.6 Å². The molecule has 4 nitrogen and oxygen atoms in total. The average molecular weight is 344 g/mol. The molecular formula is C19H18F2N2O2. The summed E-state index contributed by atoms with van der Waals surface area (Å²) in [6.07, 6.45) is 2.82. The predicted octanol–water partition coefficient (Wildman–Crippen LogP) is 3.40. The molecule has 2 aromatic carbocycles. The number of phenolic OH excluding ortho intramolecular Hbond substituents is 1. The van der Waals surface area contributed by atoms with E-state index in [2.05, 4.69) is 5.32 Å². The number of nitrogens with zero attached hydrogens (tertiary/aromatic N) is 1. The molecular weight excluding hydrogens is 326 g/mol. The zero-order valence-corrected chi connectivity index (χ0v) is 13.5. The molecule has 0 aliphatic carbocycles. The minimum Gasteiger partial charge on any atom is -0.508 e. The Kier molecular flexibility index (Phi) is 5.09. The summed E-state index contributed by atoms with van der Waals surface area (Å²) in [4.78, 5) is 14.0. The van der Waals surface area contributed by atoms with E-state index in [1.165, 1.54) is 11.6 Å². The van der Waals surface area contributed by atoms with Gasteiger partial charge in [-0.15, -0.1) is 0 Å². The van der Waals surface area contributed by atoms with Gasteiger partial charge < -0.3 is 10.4 Å². The summed E-state index contributed by atoms with van der Waals surface area (Å²) in [6, 6.07) is 10.1. The van der Waals surface area contributed by atoms with Crippen molar-refractivity contribution in [2.24, 2.45) is 0 Å². The third-order valence-electron chi connectivity index (χ3n) is 4.10. The van der Waals surface area contributed by atoms with Crippen LogP contribution in [0.5, 0.6) is 5.75 Å². The number of benzene rings is 2. The van der Waals surface area contributed by atoms with Crippen LogP contribution in [0.1, 0.15) is 12.0 Å². The number of halogens is 2. The molecule has 0 bridgehead atoms. The van der Waals surface area contributed by atoms with Crippen molar-refractivity contribution in [3.63, 3.8) is 0 Å². The van der Waals surface area contributed by atoms with Gasteiger partial charge in [-0.05, 0) is 41.8 Å². The van der Waals surface area contributed by atoms with Crippen molar-refractivity contribution in [1.82, 2.24) is 4.90 Å². The Morgan fingerprint density at radius 1 is 1.16 bits per heavy atom. The number of amides is 1. The Morgan fingerprint density at radius 2 is 1.92 bits per heavy atom. The molecule has 0 saturated carbocycles. The standard InChI is InChI=1S/C19H18F2N2O2/c20-15-3-6-18(17(21)11-15)22-19(25)12-23-9-7-14(8-10-23)13-1-4-16(24)5-2-13/h1-7,11,24H,8-10,12H2,(H,22,25). The molecule has 1 amide bonds. The summed E-state index contributed by atoms with van der Waals surface area (Å²) in [5, 5.41) is 11.8. The van der Waals surface area contributed by atoms with Crippen molar-refractivity contribution in [3.8, 4) is 5.75 Å². The topological polar surface area (TPSA) is 52.6 Å². The number of rotatable bonds is 4. The van der Waals surface area contributed by atoms with Crippen molar-refractivity contribution in [2.45, 2.75) is 6.42 Å². The van der Waals surface area contributed by atoms with Gasteiger partial charge >= 0.3 is 0 Å². The number of carbonyl (C=O) groups excluding carboxylic acids is 1. The van der Waals surface area contributed by atoms with E-state index < -0.39 is 11.6 Å². The van der Waals surface area contributed by atoms with Gasteiger partial charge in [-0.25, -0.2) is 8.78 Å². The van der Waals surface area contributed by atoms with Crippen LogP contribution in [0.3, 0.4) is 0 Å². The van der Waals surface area contributed by atoms with Gasteiger partial charge in [-0.1, -0.05) is 18.2 Å². The Labute approximate surface area is 144 Å². The lowest BCUT2D eigenvalue weighted by molar-refractivity contribution is -0.117. The second kappa shape index (κ2) is 7.44. The van der Waals surface area contributed by atoms with Gasteiger partial charge in [-0.3, -0.25) is 9.69 Å². The SMILES string of the molecule is O=C(CN1CC=C(c2ccc(O)cc2)CC1)Nc1ccc(F)cc1F. The normalized spacial score (nSPS) is 14.9. The lowest BCUT2D eigenvalue weighted by atomic mass is 9.99. The summed E-state index contributed by atoms with van der Waals surface area (Å²) in [5.41, 5.74) is 2.19. The first-order valence-electron chi connectivity index (χ1n) is 7.97. The fraction of sp³-hybridized carbons (Fsp3) is 0.211. The Balaban J connectivity index is 1.56. The molecule has 0 fully saturated rings. The first-order chi connectivity index (χ1) is 12.0. The lowest BCUT2D eigenvalue weighted by Gasteiger charge is -2.26. The van der Waals surface area contributed by atoms with Crippen LogP contribution in [0.4, 0.5) is 14.5 Å². The highest BCUT2D eigenvalue weighted by Gasteiger charge is 2.16. The molecule has 25 heavy (non-hydrogen) atoms. The maximum Gasteiger partial charge on any atom is 0.238 e. The quantitative estimate of drug-likeness (QED) is 0.894. The monoisotopic (exact) mass is 344 g/mol. The second-order valence-corrected chi connectivity index (χ2v) is 5.93. The Morgan fingerprint density at radius 3 is 2.56 bits per heavy atom. The smallest absolute Gasteiger partial charge is 0.238 e. The molecule has 0 radical (unpaired) electrons. The molecule has 0 spiro atoms. The van der Waals surface area contributed by atoms with Gasteiger partial charge in [0.2, 0.25) is 5.91 Å². The minimum atomic E-state index is -0.790. The molecule has 6 heteroatoms. The van der Waals surface area contributed by atoms with E-state index in [1.54, 1.807) is 12.1 Å². The van der Waals surface area contributed by atoms with Crippen LogP contribution in [0.2, 0.25) is 0 Å². The van der Waals surface area contributed by atoms with Crippen molar-refractivity contribution < 1.29 is 18.7 Å². The fourth-order valence-electron chi connectivity index (χ4n) is 2.78. The van der Waals surface area contributed by atoms with Gasteiger partial charge in [0, 0.05) is 19.2 Å². The number of aromatic hydroxyl groups is 1. The third kappa shape index (κ3) is 4.42. The molecule has 1 aliphatic rings. The summed E-state index contributed by atoms with van der Waals surface area (Å²) in [5.74, 6) is -1.58. The van der Waals surface area contributed by atoms with Crippen LogP contribution in [0.25, 0.3) is 5.57 Å². The molecule has 3 rings (SSSR count). The van der Waals surface area contributed by atoms with E-state index in [9.17, 15) is 18.7 Å². The van der Waals surface area contributed by atoms with E-state index in [0.717, 1.165) is 24.1 Å². The molecule has 0 aromatic heterocycles. The summed E-state index contributed by atoms with van der Waals surface area (Å²) in [6.45, 7) is 1.44. The molecule has 2 N–H and O–H groups in total. The summed E-state index contributed by atoms with van der Waals surface area (Å²) in [7, 11) is 0. The molecule has 1 aliphatic heterocycles. The number of hydrogen-bond acceptors (Lipinski definition) is 3. The van der Waals surface area contributed by atoms with Crippen LogP contribution in [-0.2, 0) is 4.79 Å². The molecule has 130 valence electrons. The van der Waals surface area contributed by atoms with Gasteiger partial charge in [0.15, 0.2) is 0 Å². The number of carbonyl (C=O) groups is 1. The highest BCUT2D eigenvalue weighted by molar-refractivity contribution is 5.92. The first-order valence-corrected chi connectivity index (χ1v) is 7.97. The van der Waals surface area contributed by atoms with E-state index in [-0.39, 0.29) is 23.9 Å². The van der Waals surface area contributed by atoms with Crippen LogP contribution >= 0.6 is 0 Å². The largest absolute Gasteiger partial charge is 0.508 e. The minimum absolute atomic E-state index is 0.0243. The van der Waals surface area contributed by atoms with Crippen molar-refractivity contribution in [1.29, 1.82) is 0 Å².